The lowest BCUT2D eigenvalue weighted by Crippen LogP contribution is -2.62. The van der Waals surface area contributed by atoms with Crippen molar-refractivity contribution in [3.05, 3.63) is 58.9 Å². The van der Waals surface area contributed by atoms with Gasteiger partial charge >= 0.3 is 0 Å². The number of piperidine rings is 1. The summed E-state index contributed by atoms with van der Waals surface area (Å²) >= 11 is 0. The standard InChI is InChI=1S/C61H79N9O10/c1-7-13-43(51(72)57(77)64-40-26-27-40)65-56(76)50-41-18-12-17-39(41)32-69(50)60(80)52(61(3,4)5)68-55(75)49(37-14-9-8-10-15-37)67-53(73)33(2)63-31-44(62-6)35-22-20-34(21-23-35)30-38-25-24-36-16-11-19-42-47(36)48(38)59(79)70(58(42)78)45-28-29-46(71)66-54(45)74/h11,16,19,24-25,31,34-35,37,39-41,43,45,49-50,52H,6-10,12-15,17-18,20-23,26-30,32H2,1-5H3,(H,64,77)(H,65,76)(H,67,73)(H,68,75)(H,66,71,74)/b44-31-,63-33+/t34?,35?,39-,41-,43+,45?,49-,50-,52+/m0/s1. The van der Waals surface area contributed by atoms with Gasteiger partial charge in [-0.3, -0.25) is 68.1 Å². The normalized spacial score (nSPS) is 25.8. The number of nitrogens with one attached hydrogen (secondary N) is 5. The van der Waals surface area contributed by atoms with Crippen molar-refractivity contribution in [3.8, 4) is 0 Å². The van der Waals surface area contributed by atoms with Gasteiger partial charge in [-0.15, -0.1) is 0 Å². The Morgan fingerprint density at radius 1 is 0.825 bits per heavy atom. The van der Waals surface area contributed by atoms with Crippen LogP contribution < -0.4 is 26.6 Å². The first-order valence-corrected chi connectivity index (χ1v) is 29.3. The van der Waals surface area contributed by atoms with Crippen LogP contribution in [0.3, 0.4) is 0 Å². The van der Waals surface area contributed by atoms with Gasteiger partial charge in [-0.25, -0.2) is 0 Å². The van der Waals surface area contributed by atoms with Gasteiger partial charge in [0.15, 0.2) is 0 Å². The zero-order valence-electron chi connectivity index (χ0n) is 47.0. The van der Waals surface area contributed by atoms with E-state index in [1.54, 1.807) is 30.2 Å². The summed E-state index contributed by atoms with van der Waals surface area (Å²) in [6.07, 6.45) is 14.3. The first-order chi connectivity index (χ1) is 38.3. The van der Waals surface area contributed by atoms with E-state index in [1.807, 2.05) is 45.9 Å². The van der Waals surface area contributed by atoms with E-state index < -0.39 is 94.6 Å². The number of likely N-dealkylation sites (tertiary alicyclic amines) is 1. The molecule has 0 spiro atoms. The lowest BCUT2D eigenvalue weighted by atomic mass is 9.77. The first-order valence-electron chi connectivity index (χ1n) is 29.3. The van der Waals surface area contributed by atoms with E-state index in [0.717, 1.165) is 92.9 Å². The smallest absolute Gasteiger partial charge is 0.289 e. The third-order valence-electron chi connectivity index (χ3n) is 18.1. The molecule has 0 bridgehead atoms. The molecule has 0 aromatic heterocycles. The molecule has 2 aromatic carbocycles. The van der Waals surface area contributed by atoms with Gasteiger partial charge < -0.3 is 26.2 Å². The molecule has 2 saturated heterocycles. The van der Waals surface area contributed by atoms with Gasteiger partial charge in [0.1, 0.15) is 29.9 Å². The fraction of sp³-hybridized carbons (Fsp3) is 0.607. The Morgan fingerprint density at radius 2 is 1.56 bits per heavy atom. The largest absolute Gasteiger partial charge is 0.347 e. The van der Waals surface area contributed by atoms with Crippen LogP contribution in [0.2, 0.25) is 0 Å². The first kappa shape index (κ1) is 57.8. The van der Waals surface area contributed by atoms with Crippen molar-refractivity contribution >= 4 is 82.1 Å². The number of aliphatic imine (C=N–C) groups is 2. The van der Waals surface area contributed by atoms with Gasteiger partial charge in [-0.1, -0.05) is 84.1 Å². The SMILES string of the molecule is C=N/C(=C\N=C(/C)C(=O)N[C@H](C(=O)N[C@H](C(=O)N1C[C@@H]2CCC[C@@H]2[C@H]1C(=O)N[C@H](CCC)C(=O)C(=O)NC1CC1)C(C)(C)C)C1CCCCC1)C1CCC(Cc2ccc3cccc4c3c2C(=O)N(C2CCC(=O)NC2=O)C4=O)CC1. The maximum Gasteiger partial charge on any atom is 0.289 e. The molecule has 2 aromatic rings. The van der Waals surface area contributed by atoms with Crippen molar-refractivity contribution in [2.24, 2.45) is 45.0 Å². The molecule has 7 atom stereocenters. The number of nitrogens with zero attached hydrogens (tertiary/aromatic N) is 4. The molecule has 4 aliphatic carbocycles. The minimum Gasteiger partial charge on any atom is -0.347 e. The molecule has 19 heteroatoms. The predicted octanol–water partition coefficient (Wildman–Crippen LogP) is 5.95. The Kier molecular flexibility index (Phi) is 17.6. The van der Waals surface area contributed by atoms with E-state index >= 15 is 4.79 Å². The summed E-state index contributed by atoms with van der Waals surface area (Å²) in [7, 11) is 0. The van der Waals surface area contributed by atoms with Crippen LogP contribution in [0, 0.1) is 35.0 Å². The minimum absolute atomic E-state index is 0.0145. The monoisotopic (exact) mass is 1100 g/mol. The number of allylic oxidation sites excluding steroid dienone is 1. The average molecular weight is 1100 g/mol. The molecule has 3 heterocycles. The number of benzene rings is 2. The molecule has 9 amide bonds. The van der Waals surface area contributed by atoms with Crippen LogP contribution in [0.15, 0.2) is 52.2 Å². The number of fused-ring (bicyclic) bond motifs is 1. The summed E-state index contributed by atoms with van der Waals surface area (Å²) < 4.78 is 0. The number of hydrogen-bond donors (Lipinski definition) is 5. The quantitative estimate of drug-likeness (QED) is 0.0627. The number of ketones is 1. The third-order valence-corrected chi connectivity index (χ3v) is 18.1. The van der Waals surface area contributed by atoms with E-state index in [0.29, 0.717) is 54.4 Å². The van der Waals surface area contributed by atoms with E-state index in [2.05, 4.69) is 43.3 Å². The lowest BCUT2D eigenvalue weighted by molar-refractivity contribution is -0.146. The summed E-state index contributed by atoms with van der Waals surface area (Å²) in [5, 5.41) is 15.3. The molecule has 9 rings (SSSR count). The van der Waals surface area contributed by atoms with Crippen molar-refractivity contribution in [2.45, 2.75) is 193 Å². The Balaban J connectivity index is 0.858. The number of rotatable bonds is 19. The summed E-state index contributed by atoms with van der Waals surface area (Å²) in [5.41, 5.74) is 1.46. The van der Waals surface area contributed by atoms with Crippen LogP contribution in [0.1, 0.15) is 176 Å². The molecule has 0 radical (unpaired) electrons. The molecule has 7 aliphatic rings. The van der Waals surface area contributed by atoms with Gasteiger partial charge in [-0.2, -0.15) is 0 Å². The Bertz CT molecular complexity index is 2910. The maximum atomic E-state index is 15.0. The van der Waals surface area contributed by atoms with Crippen LogP contribution >= 0.6 is 0 Å². The van der Waals surface area contributed by atoms with Crippen molar-refractivity contribution in [1.29, 1.82) is 0 Å². The number of hydrogen-bond acceptors (Lipinski definition) is 12. The van der Waals surface area contributed by atoms with Gasteiger partial charge in [0.2, 0.25) is 35.3 Å². The van der Waals surface area contributed by atoms with Crippen LogP contribution in [-0.2, 0) is 44.8 Å². The van der Waals surface area contributed by atoms with Crippen LogP contribution in [0.4, 0.5) is 0 Å². The van der Waals surface area contributed by atoms with Crippen molar-refractivity contribution in [3.63, 3.8) is 0 Å². The van der Waals surface area contributed by atoms with Crippen LogP contribution in [0.5, 0.6) is 0 Å². The number of carbonyl (C=O) groups excluding carboxylic acids is 10. The molecular weight excluding hydrogens is 1020 g/mol. The Hall–Kier alpha value is -6.92. The number of Topliss-reactive ketones (excluding diaryl/α,β-unsaturated/α-hetero) is 1. The topological polar surface area (TPSA) is 262 Å². The Morgan fingerprint density at radius 3 is 2.24 bits per heavy atom. The van der Waals surface area contributed by atoms with Gasteiger partial charge in [0.05, 0.1) is 17.3 Å². The highest BCUT2D eigenvalue weighted by Crippen LogP contribution is 2.44. The van der Waals surface area contributed by atoms with E-state index in [4.69, 9.17) is 0 Å². The molecule has 80 heavy (non-hydrogen) atoms. The van der Waals surface area contributed by atoms with E-state index in [1.165, 1.54) is 0 Å². The van der Waals surface area contributed by atoms with Crippen molar-refractivity contribution in [2.75, 3.05) is 6.54 Å². The highest BCUT2D eigenvalue weighted by atomic mass is 16.2. The highest BCUT2D eigenvalue weighted by molar-refractivity contribution is 6.39. The summed E-state index contributed by atoms with van der Waals surface area (Å²) in [6, 6.07) is 4.05. The van der Waals surface area contributed by atoms with Gasteiger partial charge in [-0.05, 0) is 143 Å². The molecule has 5 N–H and O–H groups in total. The van der Waals surface area contributed by atoms with Crippen molar-refractivity contribution in [1.82, 2.24) is 36.4 Å². The second-order valence-corrected chi connectivity index (χ2v) is 24.7. The van der Waals surface area contributed by atoms with Crippen LogP contribution in [0.25, 0.3) is 10.8 Å². The van der Waals surface area contributed by atoms with E-state index in [9.17, 15) is 43.2 Å². The summed E-state index contributed by atoms with van der Waals surface area (Å²) in [4.78, 5) is 149. The molecule has 19 nitrogen and oxygen atoms in total. The van der Waals surface area contributed by atoms with Gasteiger partial charge in [0.25, 0.3) is 23.6 Å². The maximum absolute atomic E-state index is 15.0. The zero-order chi connectivity index (χ0) is 57.2. The van der Waals surface area contributed by atoms with Gasteiger partial charge in [0, 0.05) is 42.1 Å². The second-order valence-electron chi connectivity index (χ2n) is 24.7. The summed E-state index contributed by atoms with van der Waals surface area (Å²) in [6.45, 7) is 13.2. The molecule has 3 aliphatic heterocycles. The molecule has 4 saturated carbocycles. The fourth-order valence-corrected chi connectivity index (χ4v) is 13.5. The summed E-state index contributed by atoms with van der Waals surface area (Å²) in [5.74, 6) is -5.64. The molecule has 6 fully saturated rings. The third kappa shape index (κ3) is 12.4. The number of imide groups is 2. The zero-order valence-corrected chi connectivity index (χ0v) is 47.0. The Labute approximate surface area is 468 Å². The number of carbonyl (C=O) groups is 10. The lowest BCUT2D eigenvalue weighted by Gasteiger charge is -2.38. The number of amides is 9. The predicted molar refractivity (Wildman–Crippen MR) is 300 cm³/mol. The molecule has 428 valence electrons. The minimum atomic E-state index is -1.09. The van der Waals surface area contributed by atoms with Crippen LogP contribution in [-0.4, -0.2) is 124 Å². The van der Waals surface area contributed by atoms with Crippen molar-refractivity contribution < 1.29 is 47.9 Å². The molecular formula is C61H79N9O10. The fourth-order valence-electron chi connectivity index (χ4n) is 13.5. The average Bonchev–Trinajstić information content (AvgIpc) is 4.16. The highest BCUT2D eigenvalue weighted by Gasteiger charge is 2.53. The van der Waals surface area contributed by atoms with E-state index in [-0.39, 0.29) is 60.6 Å². The second kappa shape index (κ2) is 24.4. The molecule has 1 unspecified atom stereocenters.